The van der Waals surface area contributed by atoms with Crippen LogP contribution in [-0.2, 0) is 6.54 Å². The van der Waals surface area contributed by atoms with E-state index < -0.39 is 0 Å². The lowest BCUT2D eigenvalue weighted by Gasteiger charge is -2.39. The summed E-state index contributed by atoms with van der Waals surface area (Å²) in [6.07, 6.45) is 1.27. The summed E-state index contributed by atoms with van der Waals surface area (Å²) < 4.78 is 0. The van der Waals surface area contributed by atoms with Crippen molar-refractivity contribution in [1.29, 1.82) is 0 Å². The molecule has 0 amide bonds. The first-order valence-electron chi connectivity index (χ1n) is 6.47. The number of benzene rings is 1. The van der Waals surface area contributed by atoms with Gasteiger partial charge in [-0.1, -0.05) is 30.3 Å². The monoisotopic (exact) mass is 232 g/mol. The fraction of sp³-hybridized carbons (Fsp3) is 0.600. The minimum atomic E-state index is 0.263. The van der Waals surface area contributed by atoms with Crippen LogP contribution >= 0.6 is 0 Å². The normalized spacial score (nSPS) is 24.4. The molecule has 0 N–H and O–H groups in total. The predicted octanol–water partition coefficient (Wildman–Crippen LogP) is 2.60. The largest absolute Gasteiger partial charge is 0.305 e. The topological polar surface area (TPSA) is 6.48 Å². The summed E-state index contributed by atoms with van der Waals surface area (Å²) in [5.74, 6) is 0. The van der Waals surface area contributed by atoms with Gasteiger partial charge in [0, 0.05) is 24.7 Å². The van der Waals surface area contributed by atoms with E-state index >= 15 is 0 Å². The third kappa shape index (κ3) is 2.53. The zero-order chi connectivity index (χ0) is 12.5. The second-order valence-corrected chi connectivity index (χ2v) is 5.83. The van der Waals surface area contributed by atoms with Crippen molar-refractivity contribution in [2.75, 3.05) is 20.6 Å². The summed E-state index contributed by atoms with van der Waals surface area (Å²) >= 11 is 0. The maximum Gasteiger partial charge on any atom is 0.0312 e. The first kappa shape index (κ1) is 12.6. The van der Waals surface area contributed by atoms with Crippen LogP contribution in [0.25, 0.3) is 0 Å². The summed E-state index contributed by atoms with van der Waals surface area (Å²) in [5, 5.41) is 0. The maximum absolute atomic E-state index is 2.60. The van der Waals surface area contributed by atoms with E-state index in [2.05, 4.69) is 68.1 Å². The summed E-state index contributed by atoms with van der Waals surface area (Å²) in [5.41, 5.74) is 1.68. The lowest BCUT2D eigenvalue weighted by molar-refractivity contribution is 0.103. The Morgan fingerprint density at radius 3 is 2.41 bits per heavy atom. The second kappa shape index (κ2) is 4.79. The molecule has 0 radical (unpaired) electrons. The van der Waals surface area contributed by atoms with Crippen molar-refractivity contribution in [2.45, 2.75) is 38.4 Å². The van der Waals surface area contributed by atoms with E-state index in [-0.39, 0.29) is 5.54 Å². The number of hydrogen-bond donors (Lipinski definition) is 0. The Labute approximate surface area is 105 Å². The highest BCUT2D eigenvalue weighted by Crippen LogP contribution is 2.32. The van der Waals surface area contributed by atoms with Gasteiger partial charge in [-0.15, -0.1) is 0 Å². The molecule has 1 aliphatic rings. The van der Waals surface area contributed by atoms with Gasteiger partial charge >= 0.3 is 0 Å². The molecule has 17 heavy (non-hydrogen) atoms. The third-order valence-corrected chi connectivity index (χ3v) is 4.14. The molecule has 0 bridgehead atoms. The summed E-state index contributed by atoms with van der Waals surface area (Å²) in [7, 11) is 4.39. The molecule has 1 fully saturated rings. The molecular formula is C15H24N2. The fourth-order valence-corrected chi connectivity index (χ4v) is 3.11. The standard InChI is InChI=1S/C15H24N2/c1-15(2)14(16(3)4)10-11-17(15)12-13-8-6-5-7-9-13/h5-9,14H,10-12H2,1-4H3. The average molecular weight is 232 g/mol. The van der Waals surface area contributed by atoms with E-state index in [9.17, 15) is 0 Å². The van der Waals surface area contributed by atoms with Gasteiger partial charge < -0.3 is 4.90 Å². The van der Waals surface area contributed by atoms with Crippen LogP contribution in [-0.4, -0.2) is 42.0 Å². The Bertz CT molecular complexity index is 356. The molecule has 1 atom stereocenters. The molecule has 2 rings (SSSR count). The molecular weight excluding hydrogens is 208 g/mol. The molecule has 0 aromatic heterocycles. The molecule has 1 unspecified atom stereocenters. The van der Waals surface area contributed by atoms with Gasteiger partial charge in [0.25, 0.3) is 0 Å². The number of likely N-dealkylation sites (N-methyl/N-ethyl adjacent to an activating group) is 1. The minimum absolute atomic E-state index is 0.263. The maximum atomic E-state index is 2.60. The van der Waals surface area contributed by atoms with Crippen molar-refractivity contribution in [2.24, 2.45) is 0 Å². The molecule has 1 aliphatic heterocycles. The van der Waals surface area contributed by atoms with E-state index in [4.69, 9.17) is 0 Å². The number of nitrogens with zero attached hydrogens (tertiary/aromatic N) is 2. The molecule has 1 aromatic carbocycles. The fourth-order valence-electron chi connectivity index (χ4n) is 3.11. The first-order chi connectivity index (χ1) is 8.01. The van der Waals surface area contributed by atoms with Crippen molar-refractivity contribution >= 4 is 0 Å². The molecule has 0 aliphatic carbocycles. The van der Waals surface area contributed by atoms with Crippen LogP contribution in [0.5, 0.6) is 0 Å². The zero-order valence-corrected chi connectivity index (χ0v) is 11.5. The molecule has 1 heterocycles. The van der Waals surface area contributed by atoms with Gasteiger partial charge in [-0.2, -0.15) is 0 Å². The SMILES string of the molecule is CN(C)C1CCN(Cc2ccccc2)C1(C)C. The predicted molar refractivity (Wildman–Crippen MR) is 73.0 cm³/mol. The van der Waals surface area contributed by atoms with Crippen LogP contribution < -0.4 is 0 Å². The summed E-state index contributed by atoms with van der Waals surface area (Å²) in [4.78, 5) is 4.97. The molecule has 1 aromatic rings. The Hall–Kier alpha value is -0.860. The second-order valence-electron chi connectivity index (χ2n) is 5.83. The lowest BCUT2D eigenvalue weighted by Crippen LogP contribution is -2.49. The van der Waals surface area contributed by atoms with Crippen LogP contribution in [0, 0.1) is 0 Å². The Balaban J connectivity index is 2.09. The zero-order valence-electron chi connectivity index (χ0n) is 11.5. The molecule has 2 heteroatoms. The Kier molecular flexibility index (Phi) is 3.55. The van der Waals surface area contributed by atoms with Crippen LogP contribution in [0.3, 0.4) is 0 Å². The lowest BCUT2D eigenvalue weighted by atomic mass is 9.94. The molecule has 0 spiro atoms. The first-order valence-corrected chi connectivity index (χ1v) is 6.47. The van der Waals surface area contributed by atoms with E-state index in [0.717, 1.165) is 6.54 Å². The van der Waals surface area contributed by atoms with Gasteiger partial charge in [-0.05, 0) is 39.9 Å². The smallest absolute Gasteiger partial charge is 0.0312 e. The van der Waals surface area contributed by atoms with Gasteiger partial charge in [0.15, 0.2) is 0 Å². The average Bonchev–Trinajstić information content (AvgIpc) is 2.56. The highest BCUT2D eigenvalue weighted by molar-refractivity contribution is 5.16. The van der Waals surface area contributed by atoms with Crippen molar-refractivity contribution < 1.29 is 0 Å². The van der Waals surface area contributed by atoms with Gasteiger partial charge in [0.2, 0.25) is 0 Å². The number of likely N-dealkylation sites (tertiary alicyclic amines) is 1. The van der Waals surface area contributed by atoms with Crippen LogP contribution in [0.4, 0.5) is 0 Å². The minimum Gasteiger partial charge on any atom is -0.305 e. The molecule has 1 saturated heterocycles. The number of rotatable bonds is 3. The quantitative estimate of drug-likeness (QED) is 0.790. The number of hydrogen-bond acceptors (Lipinski definition) is 2. The van der Waals surface area contributed by atoms with E-state index in [1.807, 2.05) is 0 Å². The highest BCUT2D eigenvalue weighted by atomic mass is 15.3. The van der Waals surface area contributed by atoms with Gasteiger partial charge in [0.05, 0.1) is 0 Å². The summed E-state index contributed by atoms with van der Waals surface area (Å²) in [6.45, 7) is 7.00. The van der Waals surface area contributed by atoms with Gasteiger partial charge in [0.1, 0.15) is 0 Å². The Morgan fingerprint density at radius 2 is 1.88 bits per heavy atom. The third-order valence-electron chi connectivity index (χ3n) is 4.14. The van der Waals surface area contributed by atoms with E-state index in [0.29, 0.717) is 6.04 Å². The molecule has 0 saturated carbocycles. The van der Waals surface area contributed by atoms with E-state index in [1.165, 1.54) is 18.5 Å². The van der Waals surface area contributed by atoms with Crippen molar-refractivity contribution in [3.63, 3.8) is 0 Å². The van der Waals surface area contributed by atoms with Crippen molar-refractivity contribution in [1.82, 2.24) is 9.80 Å². The molecule has 2 nitrogen and oxygen atoms in total. The van der Waals surface area contributed by atoms with Gasteiger partial charge in [-0.3, -0.25) is 4.90 Å². The van der Waals surface area contributed by atoms with Crippen molar-refractivity contribution in [3.8, 4) is 0 Å². The van der Waals surface area contributed by atoms with Crippen LogP contribution in [0.15, 0.2) is 30.3 Å². The summed E-state index contributed by atoms with van der Waals surface area (Å²) in [6, 6.07) is 11.4. The molecule has 94 valence electrons. The Morgan fingerprint density at radius 1 is 1.24 bits per heavy atom. The van der Waals surface area contributed by atoms with E-state index in [1.54, 1.807) is 0 Å². The van der Waals surface area contributed by atoms with Crippen LogP contribution in [0.1, 0.15) is 25.8 Å². The van der Waals surface area contributed by atoms with Crippen molar-refractivity contribution in [3.05, 3.63) is 35.9 Å². The highest BCUT2D eigenvalue weighted by Gasteiger charge is 2.41. The van der Waals surface area contributed by atoms with Crippen LogP contribution in [0.2, 0.25) is 0 Å². The van der Waals surface area contributed by atoms with Gasteiger partial charge in [-0.25, -0.2) is 0 Å².